The number of phenols is 1. The molecule has 1 fully saturated rings. The minimum atomic E-state index is -0.348. The average Bonchev–Trinajstić information content (AvgIpc) is 2.89. The first-order chi connectivity index (χ1) is 12.4. The van der Waals surface area contributed by atoms with Gasteiger partial charge in [0.2, 0.25) is 0 Å². The molecule has 0 spiro atoms. The molecule has 0 saturated carbocycles. The minimum Gasteiger partial charge on any atom is -0.506 e. The van der Waals surface area contributed by atoms with Gasteiger partial charge in [0.15, 0.2) is 5.17 Å². The zero-order valence-corrected chi connectivity index (χ0v) is 16.7. The highest BCUT2D eigenvalue weighted by Crippen LogP contribution is 2.38. The predicted octanol–water partition coefficient (Wildman–Crippen LogP) is 5.57. The summed E-state index contributed by atoms with van der Waals surface area (Å²) < 4.78 is 13.7. The van der Waals surface area contributed by atoms with E-state index in [1.165, 1.54) is 28.8 Å². The molecule has 1 N–H and O–H groups in total. The van der Waals surface area contributed by atoms with Crippen LogP contribution in [0.3, 0.4) is 0 Å². The Hall–Kier alpha value is -1.83. The molecule has 1 aliphatic rings. The van der Waals surface area contributed by atoms with Crippen molar-refractivity contribution in [2.75, 3.05) is 6.54 Å². The summed E-state index contributed by atoms with van der Waals surface area (Å²) in [6.45, 7) is 2.28. The maximum Gasteiger partial charge on any atom is 0.266 e. The van der Waals surface area contributed by atoms with Gasteiger partial charge in [-0.2, -0.15) is 0 Å². The number of rotatable bonds is 3. The van der Waals surface area contributed by atoms with E-state index < -0.39 is 0 Å². The Morgan fingerprint density at radius 2 is 2.04 bits per heavy atom. The maximum absolute atomic E-state index is 13.0. The first-order valence-electron chi connectivity index (χ1n) is 7.62. The van der Waals surface area contributed by atoms with Gasteiger partial charge in [0.25, 0.3) is 5.91 Å². The van der Waals surface area contributed by atoms with E-state index in [1.54, 1.807) is 30.3 Å². The summed E-state index contributed by atoms with van der Waals surface area (Å²) in [4.78, 5) is 19.0. The molecule has 2 aromatic rings. The lowest BCUT2D eigenvalue weighted by atomic mass is 10.2. The lowest BCUT2D eigenvalue weighted by Gasteiger charge is -2.11. The number of thioether (sulfide) groups is 1. The van der Waals surface area contributed by atoms with Gasteiger partial charge in [-0.05, 0) is 61.2 Å². The molecule has 0 unspecified atom stereocenters. The fourth-order valence-corrected chi connectivity index (χ4v) is 4.22. The highest BCUT2D eigenvalue weighted by atomic mass is 79.9. The van der Waals surface area contributed by atoms with E-state index in [-0.39, 0.29) is 22.5 Å². The van der Waals surface area contributed by atoms with Crippen molar-refractivity contribution in [2.45, 2.75) is 6.92 Å². The van der Waals surface area contributed by atoms with Crippen LogP contribution in [0.5, 0.6) is 5.75 Å². The van der Waals surface area contributed by atoms with Crippen LogP contribution in [-0.4, -0.2) is 27.6 Å². The molecule has 2 aromatic carbocycles. The smallest absolute Gasteiger partial charge is 0.266 e. The Bertz CT molecular complexity index is 932. The second-order valence-corrected chi connectivity index (χ2v) is 7.69. The van der Waals surface area contributed by atoms with Crippen molar-refractivity contribution in [3.8, 4) is 5.75 Å². The van der Waals surface area contributed by atoms with E-state index in [2.05, 4.69) is 20.9 Å². The number of halogens is 3. The second-order valence-electron chi connectivity index (χ2n) is 5.36. The molecule has 134 valence electrons. The van der Waals surface area contributed by atoms with Crippen LogP contribution in [0.25, 0.3) is 6.08 Å². The summed E-state index contributed by atoms with van der Waals surface area (Å²) in [5, 5.41) is 10.8. The van der Waals surface area contributed by atoms with Gasteiger partial charge in [0.05, 0.1) is 15.6 Å². The summed E-state index contributed by atoms with van der Waals surface area (Å²) in [6.07, 6.45) is 1.58. The Morgan fingerprint density at radius 3 is 2.69 bits per heavy atom. The van der Waals surface area contributed by atoms with Gasteiger partial charge in [0, 0.05) is 16.6 Å². The van der Waals surface area contributed by atoms with Crippen molar-refractivity contribution in [1.29, 1.82) is 0 Å². The van der Waals surface area contributed by atoms with Gasteiger partial charge in [0.1, 0.15) is 11.6 Å². The SMILES string of the molecule is CCN1C(=O)/C(=C/c2cc(Br)cc(Cl)c2O)SC1=Nc1ccc(F)cc1. The summed E-state index contributed by atoms with van der Waals surface area (Å²) in [5.41, 5.74) is 0.981. The van der Waals surface area contributed by atoms with Crippen molar-refractivity contribution >= 4 is 62.1 Å². The Kier molecular flexibility index (Phi) is 5.70. The zero-order chi connectivity index (χ0) is 18.8. The van der Waals surface area contributed by atoms with Gasteiger partial charge < -0.3 is 5.11 Å². The maximum atomic E-state index is 13.0. The van der Waals surface area contributed by atoms with Crippen molar-refractivity contribution in [1.82, 2.24) is 4.90 Å². The molecular weight excluding hydrogens is 443 g/mol. The summed E-state index contributed by atoms with van der Waals surface area (Å²) in [6, 6.07) is 8.96. The third kappa shape index (κ3) is 3.95. The number of aromatic hydroxyl groups is 1. The van der Waals surface area contributed by atoms with Gasteiger partial charge in [-0.25, -0.2) is 9.38 Å². The number of carbonyl (C=O) groups is 1. The van der Waals surface area contributed by atoms with E-state index >= 15 is 0 Å². The van der Waals surface area contributed by atoms with E-state index in [4.69, 9.17) is 11.6 Å². The van der Waals surface area contributed by atoms with E-state index in [9.17, 15) is 14.3 Å². The molecule has 0 radical (unpaired) electrons. The predicted molar refractivity (Wildman–Crippen MR) is 107 cm³/mol. The van der Waals surface area contributed by atoms with Crippen LogP contribution in [-0.2, 0) is 4.79 Å². The fraction of sp³-hybridized carbons (Fsp3) is 0.111. The number of carbonyl (C=O) groups excluding carboxylic acids is 1. The molecule has 1 heterocycles. The lowest BCUT2D eigenvalue weighted by molar-refractivity contribution is -0.122. The summed E-state index contributed by atoms with van der Waals surface area (Å²) >= 11 is 10.5. The van der Waals surface area contributed by atoms with Crippen LogP contribution < -0.4 is 0 Å². The lowest BCUT2D eigenvalue weighted by Crippen LogP contribution is -2.28. The van der Waals surface area contributed by atoms with Crippen molar-refractivity contribution < 1.29 is 14.3 Å². The monoisotopic (exact) mass is 454 g/mol. The highest BCUT2D eigenvalue weighted by molar-refractivity contribution is 9.10. The number of aliphatic imine (C=N–C) groups is 1. The molecule has 8 heteroatoms. The van der Waals surface area contributed by atoms with Crippen LogP contribution in [0.4, 0.5) is 10.1 Å². The number of hydrogen-bond acceptors (Lipinski definition) is 4. The van der Waals surface area contributed by atoms with Gasteiger partial charge >= 0.3 is 0 Å². The number of amidine groups is 1. The molecular formula is C18H13BrClFN2O2S. The van der Waals surface area contributed by atoms with Crippen LogP contribution in [0.15, 0.2) is 50.8 Å². The summed E-state index contributed by atoms with van der Waals surface area (Å²) in [5.74, 6) is -0.657. The van der Waals surface area contributed by atoms with Crippen molar-refractivity contribution in [2.24, 2.45) is 4.99 Å². The molecule has 0 aliphatic carbocycles. The molecule has 4 nitrogen and oxygen atoms in total. The standard InChI is InChI=1S/C18H13BrClFN2O2S/c1-2-23-17(25)15(8-10-7-11(19)9-14(20)16(10)24)26-18(23)22-13-5-3-12(21)4-6-13/h3-9,24H,2H2,1H3/b15-8-,22-18?. The van der Waals surface area contributed by atoms with Crippen LogP contribution in [0.1, 0.15) is 12.5 Å². The van der Waals surface area contributed by atoms with E-state index in [0.717, 1.165) is 0 Å². The molecule has 3 rings (SSSR count). The Balaban J connectivity index is 1.98. The van der Waals surface area contributed by atoms with Gasteiger partial charge in [-0.15, -0.1) is 0 Å². The third-order valence-corrected chi connectivity index (χ3v) is 5.35. The first-order valence-corrected chi connectivity index (χ1v) is 9.61. The quantitative estimate of drug-likeness (QED) is 0.616. The van der Waals surface area contributed by atoms with Crippen LogP contribution in [0, 0.1) is 5.82 Å². The molecule has 0 bridgehead atoms. The van der Waals surface area contributed by atoms with Crippen LogP contribution in [0.2, 0.25) is 5.02 Å². The highest BCUT2D eigenvalue weighted by Gasteiger charge is 2.32. The topological polar surface area (TPSA) is 52.9 Å². The molecule has 1 saturated heterocycles. The molecule has 0 aromatic heterocycles. The normalized spacial score (nSPS) is 17.5. The number of amides is 1. The second kappa shape index (κ2) is 7.82. The number of likely N-dealkylation sites (N-methyl/N-ethyl adjacent to an activating group) is 1. The largest absolute Gasteiger partial charge is 0.506 e. The number of nitrogens with zero attached hydrogens (tertiary/aromatic N) is 2. The molecule has 0 atom stereocenters. The van der Waals surface area contributed by atoms with E-state index in [1.807, 2.05) is 6.92 Å². The number of hydrogen-bond donors (Lipinski definition) is 1. The van der Waals surface area contributed by atoms with Gasteiger partial charge in [-0.1, -0.05) is 27.5 Å². The van der Waals surface area contributed by atoms with Crippen molar-refractivity contribution in [3.05, 3.63) is 62.2 Å². The molecule has 1 amide bonds. The number of benzene rings is 2. The van der Waals surface area contributed by atoms with Crippen molar-refractivity contribution in [3.63, 3.8) is 0 Å². The average molecular weight is 456 g/mol. The number of phenolic OH excluding ortho intramolecular Hbond substituents is 1. The summed E-state index contributed by atoms with van der Waals surface area (Å²) in [7, 11) is 0. The van der Waals surface area contributed by atoms with Gasteiger partial charge in [-0.3, -0.25) is 9.69 Å². The molecule has 1 aliphatic heterocycles. The van der Waals surface area contributed by atoms with E-state index in [0.29, 0.717) is 32.3 Å². The Morgan fingerprint density at radius 1 is 1.35 bits per heavy atom. The minimum absolute atomic E-state index is 0.0947. The molecule has 26 heavy (non-hydrogen) atoms. The third-order valence-electron chi connectivity index (χ3n) is 3.60. The zero-order valence-electron chi connectivity index (χ0n) is 13.5. The fourth-order valence-electron chi connectivity index (χ4n) is 2.33. The Labute approximate surface area is 167 Å². The van der Waals surface area contributed by atoms with Crippen LogP contribution >= 0.6 is 39.3 Å². The first kappa shape index (κ1) is 18.9.